The van der Waals surface area contributed by atoms with Gasteiger partial charge in [0.1, 0.15) is 5.65 Å². The summed E-state index contributed by atoms with van der Waals surface area (Å²) in [6.07, 6.45) is 3.01. The predicted molar refractivity (Wildman–Crippen MR) is 112 cm³/mol. The number of hydrogen-bond donors (Lipinski definition) is 1. The molecule has 2 aromatic heterocycles. The van der Waals surface area contributed by atoms with Gasteiger partial charge in [-0.05, 0) is 42.0 Å². The quantitative estimate of drug-likeness (QED) is 0.694. The van der Waals surface area contributed by atoms with Gasteiger partial charge in [0.05, 0.1) is 19.6 Å². The Labute approximate surface area is 172 Å². The van der Waals surface area contributed by atoms with E-state index in [1.807, 2.05) is 25.1 Å². The van der Waals surface area contributed by atoms with Gasteiger partial charge in [0.15, 0.2) is 17.3 Å². The Bertz CT molecular complexity index is 1260. The highest BCUT2D eigenvalue weighted by Gasteiger charge is 2.30. The van der Waals surface area contributed by atoms with E-state index >= 15 is 0 Å². The second-order valence-electron chi connectivity index (χ2n) is 7.40. The Hall–Kier alpha value is -3.42. The molecule has 2 heterocycles. The van der Waals surface area contributed by atoms with Crippen LogP contribution in [0.1, 0.15) is 47.2 Å². The van der Waals surface area contributed by atoms with E-state index in [9.17, 15) is 14.4 Å². The molecule has 3 aromatic rings. The van der Waals surface area contributed by atoms with Crippen molar-refractivity contribution in [2.45, 2.75) is 38.6 Å². The summed E-state index contributed by atoms with van der Waals surface area (Å²) < 4.78 is 12.2. The van der Waals surface area contributed by atoms with Crippen molar-refractivity contribution in [2.75, 3.05) is 14.2 Å². The first kappa shape index (κ1) is 19.9. The lowest BCUT2D eigenvalue weighted by Crippen LogP contribution is -2.33. The number of carbonyl (C=O) groups excluding carboxylic acids is 1. The first-order valence-corrected chi connectivity index (χ1v) is 9.88. The minimum absolute atomic E-state index is 0.0712. The van der Waals surface area contributed by atoms with Crippen LogP contribution in [0.5, 0.6) is 11.5 Å². The number of aryl methyl sites for hydroxylation is 1. The SMILES string of the molecule is CCCn1c(=O)[nH]c(=O)c2c3c(cnc21)C(=O)C[C@@H](c1ccc(OC)c(OC)c1)C3. The van der Waals surface area contributed by atoms with Crippen molar-refractivity contribution in [2.24, 2.45) is 0 Å². The van der Waals surface area contributed by atoms with Crippen LogP contribution in [0.25, 0.3) is 11.0 Å². The number of rotatable bonds is 5. The van der Waals surface area contributed by atoms with Crippen molar-refractivity contribution < 1.29 is 14.3 Å². The Balaban J connectivity index is 1.88. The first-order chi connectivity index (χ1) is 14.5. The van der Waals surface area contributed by atoms with E-state index in [1.54, 1.807) is 14.2 Å². The number of H-pyrrole nitrogens is 1. The topological polar surface area (TPSA) is 103 Å². The van der Waals surface area contributed by atoms with Crippen LogP contribution < -0.4 is 20.7 Å². The summed E-state index contributed by atoms with van der Waals surface area (Å²) in [4.78, 5) is 44.6. The van der Waals surface area contributed by atoms with Crippen LogP contribution in [0.2, 0.25) is 0 Å². The summed E-state index contributed by atoms with van der Waals surface area (Å²) in [5.41, 5.74) is 1.35. The van der Waals surface area contributed by atoms with Gasteiger partial charge in [-0.15, -0.1) is 0 Å². The van der Waals surface area contributed by atoms with Crippen LogP contribution in [0.15, 0.2) is 34.0 Å². The van der Waals surface area contributed by atoms with Gasteiger partial charge < -0.3 is 9.47 Å². The van der Waals surface area contributed by atoms with Crippen molar-refractivity contribution in [3.8, 4) is 11.5 Å². The Morgan fingerprint density at radius 2 is 1.90 bits per heavy atom. The maximum absolute atomic E-state index is 12.9. The van der Waals surface area contributed by atoms with Gasteiger partial charge in [0.25, 0.3) is 5.56 Å². The first-order valence-electron chi connectivity index (χ1n) is 9.88. The van der Waals surface area contributed by atoms with Gasteiger partial charge in [-0.3, -0.25) is 19.1 Å². The molecule has 8 nitrogen and oxygen atoms in total. The number of nitrogens with one attached hydrogen (secondary N) is 1. The van der Waals surface area contributed by atoms with Crippen LogP contribution in [0, 0.1) is 0 Å². The maximum atomic E-state index is 12.9. The molecule has 0 saturated carbocycles. The summed E-state index contributed by atoms with van der Waals surface area (Å²) in [7, 11) is 3.13. The van der Waals surface area contributed by atoms with Gasteiger partial charge in [-0.2, -0.15) is 0 Å². The molecule has 4 rings (SSSR count). The number of Topliss-reactive ketones (excluding diaryl/α,β-unsaturated/α-hetero) is 1. The van der Waals surface area contributed by atoms with Gasteiger partial charge in [0.2, 0.25) is 0 Å². The number of benzene rings is 1. The number of aromatic nitrogens is 3. The van der Waals surface area contributed by atoms with Gasteiger partial charge >= 0.3 is 5.69 Å². The zero-order valence-electron chi connectivity index (χ0n) is 17.2. The molecule has 0 fully saturated rings. The van der Waals surface area contributed by atoms with Crippen molar-refractivity contribution in [3.63, 3.8) is 0 Å². The number of aromatic amines is 1. The zero-order valence-corrected chi connectivity index (χ0v) is 17.2. The number of hydrogen-bond acceptors (Lipinski definition) is 6. The lowest BCUT2D eigenvalue weighted by molar-refractivity contribution is 0.0964. The molecule has 8 heteroatoms. The average Bonchev–Trinajstić information content (AvgIpc) is 2.75. The third-order valence-electron chi connectivity index (χ3n) is 5.62. The van der Waals surface area contributed by atoms with Gasteiger partial charge in [-0.1, -0.05) is 13.0 Å². The minimum atomic E-state index is -0.507. The number of carbonyl (C=O) groups is 1. The highest BCUT2D eigenvalue weighted by atomic mass is 16.5. The van der Waals surface area contributed by atoms with Crippen molar-refractivity contribution in [3.05, 3.63) is 61.9 Å². The number of ketones is 1. The van der Waals surface area contributed by atoms with Crippen LogP contribution in [0.3, 0.4) is 0 Å². The molecule has 1 atom stereocenters. The Morgan fingerprint density at radius 1 is 1.13 bits per heavy atom. The highest BCUT2D eigenvalue weighted by molar-refractivity contribution is 6.02. The largest absolute Gasteiger partial charge is 0.493 e. The van der Waals surface area contributed by atoms with Crippen LogP contribution in [-0.4, -0.2) is 34.5 Å². The highest BCUT2D eigenvalue weighted by Crippen LogP contribution is 2.38. The molecule has 0 spiro atoms. The van der Waals surface area contributed by atoms with E-state index in [4.69, 9.17) is 9.47 Å². The Morgan fingerprint density at radius 3 is 2.60 bits per heavy atom. The number of nitrogens with zero attached hydrogens (tertiary/aromatic N) is 2. The smallest absolute Gasteiger partial charge is 0.329 e. The predicted octanol–water partition coefficient (Wildman–Crippen LogP) is 2.42. The number of methoxy groups -OCH3 is 2. The molecule has 0 amide bonds. The molecular formula is C22H23N3O5. The minimum Gasteiger partial charge on any atom is -0.493 e. The molecule has 1 N–H and O–H groups in total. The molecule has 156 valence electrons. The van der Waals surface area contributed by atoms with E-state index in [0.717, 1.165) is 5.56 Å². The fourth-order valence-corrected chi connectivity index (χ4v) is 4.18. The van der Waals surface area contributed by atoms with Crippen molar-refractivity contribution in [1.29, 1.82) is 0 Å². The molecule has 30 heavy (non-hydrogen) atoms. The van der Waals surface area contributed by atoms with E-state index in [-0.39, 0.29) is 11.7 Å². The second-order valence-corrected chi connectivity index (χ2v) is 7.40. The van der Waals surface area contributed by atoms with Crippen molar-refractivity contribution in [1.82, 2.24) is 14.5 Å². The van der Waals surface area contributed by atoms with Gasteiger partial charge in [0, 0.05) is 24.7 Å². The number of fused-ring (bicyclic) bond motifs is 3. The lowest BCUT2D eigenvalue weighted by atomic mass is 9.79. The molecule has 1 aromatic carbocycles. The summed E-state index contributed by atoms with van der Waals surface area (Å²) >= 11 is 0. The summed E-state index contributed by atoms with van der Waals surface area (Å²) in [6, 6.07) is 5.58. The maximum Gasteiger partial charge on any atom is 0.329 e. The third kappa shape index (κ3) is 3.18. The standard InChI is InChI=1S/C22H23N3O5/c1-4-7-25-20-19(21(27)24-22(25)28)14-8-13(9-16(26)15(14)11-23-20)12-5-6-17(29-2)18(10-12)30-3/h5-6,10-11,13H,4,7-9H2,1-3H3,(H,24,27,28)/t13-/m0/s1. The third-order valence-corrected chi connectivity index (χ3v) is 5.62. The number of pyridine rings is 1. The average molecular weight is 409 g/mol. The van der Waals surface area contributed by atoms with Crippen molar-refractivity contribution >= 4 is 16.8 Å². The molecule has 1 aliphatic carbocycles. The number of ether oxygens (including phenoxy) is 2. The Kier molecular flexibility index (Phi) is 5.15. The fraction of sp³-hybridized carbons (Fsp3) is 0.364. The summed E-state index contributed by atoms with van der Waals surface area (Å²) in [5.74, 6) is 1.00. The zero-order chi connectivity index (χ0) is 21.4. The molecule has 0 unspecified atom stereocenters. The lowest BCUT2D eigenvalue weighted by Gasteiger charge is -2.25. The second kappa shape index (κ2) is 7.78. The van der Waals surface area contributed by atoms with Gasteiger partial charge in [-0.25, -0.2) is 9.78 Å². The molecule has 0 bridgehead atoms. The van der Waals surface area contributed by atoms with Crippen LogP contribution in [-0.2, 0) is 13.0 Å². The van der Waals surface area contributed by atoms with Crippen LogP contribution >= 0.6 is 0 Å². The van der Waals surface area contributed by atoms with E-state index < -0.39 is 11.2 Å². The fourth-order valence-electron chi connectivity index (χ4n) is 4.18. The molecule has 1 aliphatic rings. The normalized spacial score (nSPS) is 15.8. The summed E-state index contributed by atoms with van der Waals surface area (Å²) in [5, 5.41) is 0.319. The molecule has 0 saturated heterocycles. The summed E-state index contributed by atoms with van der Waals surface area (Å²) in [6.45, 7) is 2.38. The van der Waals surface area contributed by atoms with Crippen LogP contribution in [0.4, 0.5) is 0 Å². The van der Waals surface area contributed by atoms with E-state index in [1.165, 1.54) is 10.8 Å². The molecule has 0 aliphatic heterocycles. The van der Waals surface area contributed by atoms with E-state index in [0.29, 0.717) is 59.5 Å². The van der Waals surface area contributed by atoms with E-state index in [2.05, 4.69) is 9.97 Å². The monoisotopic (exact) mass is 409 g/mol. The molecule has 0 radical (unpaired) electrons. The molecular weight excluding hydrogens is 386 g/mol.